The van der Waals surface area contributed by atoms with Crippen LogP contribution in [0.15, 0.2) is 0 Å². The first-order valence-corrected chi connectivity index (χ1v) is 3.77. The van der Waals surface area contributed by atoms with Crippen LogP contribution in [0.1, 0.15) is 0 Å². The fraction of sp³-hybridized carbons (Fsp3) is 1.00. The van der Waals surface area contributed by atoms with Crippen molar-refractivity contribution < 1.29 is 5.11 Å². The molecule has 0 bridgehead atoms. The maximum Gasteiger partial charge on any atom is 0.0810 e. The van der Waals surface area contributed by atoms with E-state index < -0.39 is 6.10 Å². The first kappa shape index (κ1) is 8.94. The summed E-state index contributed by atoms with van der Waals surface area (Å²) in [4.78, 5) is 0. The molecule has 0 aliphatic heterocycles. The molecule has 0 amide bonds. The summed E-state index contributed by atoms with van der Waals surface area (Å²) in [5, 5.41) is 8.85. The molecule has 0 aromatic heterocycles. The largest absolute Gasteiger partial charge is 0.391 e. The third kappa shape index (κ3) is 5.08. The molecule has 0 rings (SSSR count). The minimum atomic E-state index is -0.390. The smallest absolute Gasteiger partial charge is 0.0810 e. The van der Waals surface area contributed by atoms with E-state index in [1.807, 2.05) is 10.2 Å². The van der Waals surface area contributed by atoms with Gasteiger partial charge < -0.3 is 5.11 Å². The Balaban J connectivity index is 3.10. The predicted molar refractivity (Wildman–Crippen MR) is 43.4 cm³/mol. The van der Waals surface area contributed by atoms with E-state index in [1.165, 1.54) is 0 Å². The average molecular weight is 249 g/mol. The first-order valence-electron chi connectivity index (χ1n) is 2.27. The summed E-state index contributed by atoms with van der Waals surface area (Å²) in [5.74, 6) is 0.313. The van der Waals surface area contributed by atoms with Gasteiger partial charge in [-0.25, -0.2) is 3.11 Å². The molecule has 0 aromatic rings. The van der Waals surface area contributed by atoms with Gasteiger partial charge in [-0.2, -0.15) is 0 Å². The second-order valence-electron chi connectivity index (χ2n) is 1.60. The Hall–Kier alpha value is 0.940. The Bertz CT molecular complexity index is 62.0. The number of hydrogen-bond acceptors (Lipinski definition) is 2. The van der Waals surface area contributed by atoms with Crippen LogP contribution in [0.25, 0.3) is 0 Å². The highest BCUT2D eigenvalue weighted by molar-refractivity contribution is 14.1. The molecule has 0 fully saturated rings. The molecule has 2 nitrogen and oxygen atoms in total. The van der Waals surface area contributed by atoms with Crippen molar-refractivity contribution >= 4 is 34.5 Å². The molecule has 0 aliphatic carbocycles. The van der Waals surface area contributed by atoms with Crippen LogP contribution >= 0.6 is 34.5 Å². The van der Waals surface area contributed by atoms with Gasteiger partial charge in [0.15, 0.2) is 0 Å². The monoisotopic (exact) mass is 249 g/mol. The highest BCUT2D eigenvalue weighted by Gasteiger charge is 2.02. The van der Waals surface area contributed by atoms with Gasteiger partial charge in [-0.15, -0.1) is 11.6 Å². The molecule has 1 N–H and O–H groups in total. The van der Waals surface area contributed by atoms with E-state index in [0.717, 1.165) is 0 Å². The Morgan fingerprint density at radius 3 is 2.50 bits per heavy atom. The lowest BCUT2D eigenvalue weighted by atomic mass is 10.4. The summed E-state index contributed by atoms with van der Waals surface area (Å²) < 4.78 is 1.87. The zero-order valence-electron chi connectivity index (χ0n) is 4.64. The SMILES string of the molecule is CN(I)CC(O)CCl. The maximum absolute atomic E-state index is 8.85. The lowest BCUT2D eigenvalue weighted by Crippen LogP contribution is -2.22. The van der Waals surface area contributed by atoms with Crippen molar-refractivity contribution in [2.75, 3.05) is 19.5 Å². The van der Waals surface area contributed by atoms with E-state index in [2.05, 4.69) is 22.9 Å². The van der Waals surface area contributed by atoms with Gasteiger partial charge in [-0.05, 0) is 7.05 Å². The molecular weight excluding hydrogens is 240 g/mol. The summed E-state index contributed by atoms with van der Waals surface area (Å²) in [5.41, 5.74) is 0. The number of hydrogen-bond donors (Lipinski definition) is 1. The summed E-state index contributed by atoms with van der Waals surface area (Å²) in [7, 11) is 1.89. The molecular formula is C4H9ClINO. The minimum Gasteiger partial charge on any atom is -0.391 e. The second-order valence-corrected chi connectivity index (χ2v) is 3.55. The normalized spacial score (nSPS) is 14.6. The third-order valence-electron chi connectivity index (χ3n) is 0.640. The number of likely N-dealkylation sites (N-methyl/N-ethyl adjacent to an activating group) is 1. The summed E-state index contributed by atoms with van der Waals surface area (Å²) in [6, 6.07) is 0. The van der Waals surface area contributed by atoms with Gasteiger partial charge in [0.25, 0.3) is 0 Å². The second kappa shape index (κ2) is 4.78. The van der Waals surface area contributed by atoms with E-state index in [0.29, 0.717) is 12.4 Å². The van der Waals surface area contributed by atoms with Crippen LogP contribution in [0.4, 0.5) is 0 Å². The van der Waals surface area contributed by atoms with Crippen molar-refractivity contribution in [3.8, 4) is 0 Å². The van der Waals surface area contributed by atoms with Gasteiger partial charge in [-0.3, -0.25) is 0 Å². The Labute approximate surface area is 68.3 Å². The molecule has 50 valence electrons. The number of alkyl halides is 1. The van der Waals surface area contributed by atoms with Crippen LogP contribution in [0.2, 0.25) is 0 Å². The molecule has 1 atom stereocenters. The summed E-state index contributed by atoms with van der Waals surface area (Å²) >= 11 is 7.41. The van der Waals surface area contributed by atoms with Crippen molar-refractivity contribution in [2.24, 2.45) is 0 Å². The minimum absolute atomic E-state index is 0.313. The van der Waals surface area contributed by atoms with Crippen molar-refractivity contribution in [2.45, 2.75) is 6.10 Å². The van der Waals surface area contributed by atoms with E-state index in [9.17, 15) is 0 Å². The van der Waals surface area contributed by atoms with E-state index in [4.69, 9.17) is 16.7 Å². The maximum atomic E-state index is 8.85. The van der Waals surface area contributed by atoms with Crippen molar-refractivity contribution in [3.63, 3.8) is 0 Å². The van der Waals surface area contributed by atoms with Crippen LogP contribution in [-0.4, -0.2) is 33.8 Å². The Morgan fingerprint density at radius 2 is 2.38 bits per heavy atom. The molecule has 1 unspecified atom stereocenters. The zero-order chi connectivity index (χ0) is 6.57. The van der Waals surface area contributed by atoms with Crippen LogP contribution in [0.3, 0.4) is 0 Å². The molecule has 8 heavy (non-hydrogen) atoms. The molecule has 0 heterocycles. The van der Waals surface area contributed by atoms with E-state index >= 15 is 0 Å². The number of rotatable bonds is 3. The van der Waals surface area contributed by atoms with Gasteiger partial charge >= 0.3 is 0 Å². The number of nitrogens with zero attached hydrogens (tertiary/aromatic N) is 1. The third-order valence-corrected chi connectivity index (χ3v) is 1.39. The molecule has 0 radical (unpaired) electrons. The van der Waals surface area contributed by atoms with Crippen molar-refractivity contribution in [1.29, 1.82) is 0 Å². The fourth-order valence-corrected chi connectivity index (χ4v) is 0.891. The number of aliphatic hydroxyl groups is 1. The lowest BCUT2D eigenvalue weighted by molar-refractivity contribution is 0.182. The number of aliphatic hydroxyl groups excluding tert-OH is 1. The van der Waals surface area contributed by atoms with Crippen molar-refractivity contribution in [1.82, 2.24) is 3.11 Å². The van der Waals surface area contributed by atoms with E-state index in [1.54, 1.807) is 0 Å². The van der Waals surface area contributed by atoms with Gasteiger partial charge in [0, 0.05) is 35.3 Å². The highest BCUT2D eigenvalue weighted by Crippen LogP contribution is 1.96. The quantitative estimate of drug-likeness (QED) is 0.456. The van der Waals surface area contributed by atoms with Crippen LogP contribution in [0.5, 0.6) is 0 Å². The molecule has 0 aliphatic rings. The first-order chi connectivity index (χ1) is 3.66. The average Bonchev–Trinajstić information content (AvgIpc) is 1.65. The molecule has 0 aromatic carbocycles. The van der Waals surface area contributed by atoms with Crippen LogP contribution in [0, 0.1) is 0 Å². The number of halogens is 2. The predicted octanol–water partition coefficient (Wildman–Crippen LogP) is 0.868. The standard InChI is InChI=1S/C4H9ClINO/c1-7(6)3-4(8)2-5/h4,8H,2-3H2,1H3. The van der Waals surface area contributed by atoms with Gasteiger partial charge in [0.05, 0.1) is 6.10 Å². The lowest BCUT2D eigenvalue weighted by Gasteiger charge is -2.10. The van der Waals surface area contributed by atoms with Gasteiger partial charge in [0.1, 0.15) is 0 Å². The summed E-state index contributed by atoms with van der Waals surface area (Å²) in [6.07, 6.45) is -0.390. The Morgan fingerprint density at radius 1 is 1.88 bits per heavy atom. The molecule has 4 heteroatoms. The molecule has 0 saturated carbocycles. The Kier molecular flexibility index (Phi) is 5.35. The fourth-order valence-electron chi connectivity index (χ4n) is 0.339. The molecule has 0 spiro atoms. The van der Waals surface area contributed by atoms with Gasteiger partial charge in [-0.1, -0.05) is 0 Å². The molecule has 0 saturated heterocycles. The van der Waals surface area contributed by atoms with Gasteiger partial charge in [0.2, 0.25) is 0 Å². The summed E-state index contributed by atoms with van der Waals surface area (Å²) in [6.45, 7) is 0.629. The van der Waals surface area contributed by atoms with E-state index in [-0.39, 0.29) is 0 Å². The van der Waals surface area contributed by atoms with Crippen LogP contribution in [-0.2, 0) is 0 Å². The van der Waals surface area contributed by atoms with Crippen molar-refractivity contribution in [3.05, 3.63) is 0 Å². The van der Waals surface area contributed by atoms with Crippen LogP contribution < -0.4 is 0 Å². The topological polar surface area (TPSA) is 23.5 Å². The zero-order valence-corrected chi connectivity index (χ0v) is 7.56. The highest BCUT2D eigenvalue weighted by atomic mass is 127.